The summed E-state index contributed by atoms with van der Waals surface area (Å²) < 4.78 is 4.30. The summed E-state index contributed by atoms with van der Waals surface area (Å²) in [6, 6.07) is 1.99. The minimum Gasteiger partial charge on any atom is -0.253 e. The van der Waals surface area contributed by atoms with Crippen molar-refractivity contribution in [3.05, 3.63) is 22.7 Å². The molecule has 0 saturated carbocycles. The van der Waals surface area contributed by atoms with Gasteiger partial charge in [-0.25, -0.2) is 0 Å². The predicted molar refractivity (Wildman–Crippen MR) is 46.9 cm³/mol. The summed E-state index contributed by atoms with van der Waals surface area (Å²) in [5.74, 6) is 0. The summed E-state index contributed by atoms with van der Waals surface area (Å²) in [7, 11) is 0. The Labute approximate surface area is 69.1 Å². The first-order valence-corrected chi connectivity index (χ1v) is 4.24. The third kappa shape index (κ3) is 0.922. The van der Waals surface area contributed by atoms with Crippen LogP contribution in [-0.4, -0.2) is 9.36 Å². The van der Waals surface area contributed by atoms with Gasteiger partial charge >= 0.3 is 0 Å². The van der Waals surface area contributed by atoms with Crippen LogP contribution < -0.4 is 0 Å². The predicted octanol–water partition coefficient (Wildman–Crippen LogP) is 2.31. The fourth-order valence-corrected chi connectivity index (χ4v) is 1.78. The average molecular weight is 164 g/mol. The number of rotatable bonds is 0. The van der Waals surface area contributed by atoms with Gasteiger partial charge in [-0.3, -0.25) is 4.98 Å². The maximum absolute atomic E-state index is 4.30. The number of fused-ring (bicyclic) bond motifs is 1. The Morgan fingerprint density at radius 3 is 2.82 bits per heavy atom. The molecule has 0 saturated heterocycles. The molecule has 2 aromatic heterocycles. The molecule has 0 bridgehead atoms. The molecule has 2 aromatic rings. The van der Waals surface area contributed by atoms with Gasteiger partial charge in [-0.2, -0.15) is 4.37 Å². The summed E-state index contributed by atoms with van der Waals surface area (Å²) in [5, 5.41) is 0. The van der Waals surface area contributed by atoms with Crippen LogP contribution in [0.2, 0.25) is 0 Å². The number of nitrogens with zero attached hydrogens (tertiary/aromatic N) is 2. The van der Waals surface area contributed by atoms with Crippen LogP contribution >= 0.6 is 11.5 Å². The first kappa shape index (κ1) is 6.73. The van der Waals surface area contributed by atoms with E-state index < -0.39 is 0 Å². The van der Waals surface area contributed by atoms with Crippen molar-refractivity contribution in [2.24, 2.45) is 0 Å². The van der Waals surface area contributed by atoms with Crippen LogP contribution in [0.15, 0.2) is 12.3 Å². The molecule has 2 rings (SSSR count). The maximum Gasteiger partial charge on any atom is 0.106 e. The van der Waals surface area contributed by atoms with Crippen LogP contribution in [0.5, 0.6) is 0 Å². The van der Waals surface area contributed by atoms with E-state index in [0.717, 1.165) is 11.0 Å². The van der Waals surface area contributed by atoms with Gasteiger partial charge in [-0.15, -0.1) is 0 Å². The van der Waals surface area contributed by atoms with Crippen LogP contribution in [-0.2, 0) is 0 Å². The highest BCUT2D eigenvalue weighted by molar-refractivity contribution is 7.07. The van der Waals surface area contributed by atoms with E-state index in [2.05, 4.69) is 16.3 Å². The highest BCUT2D eigenvalue weighted by Gasteiger charge is 2.03. The van der Waals surface area contributed by atoms with Crippen molar-refractivity contribution in [3.8, 4) is 0 Å². The van der Waals surface area contributed by atoms with Gasteiger partial charge in [0.2, 0.25) is 0 Å². The SMILES string of the molecule is Cc1ccnc2c(C)snc12. The Morgan fingerprint density at radius 1 is 1.27 bits per heavy atom. The molecule has 0 aliphatic heterocycles. The molecule has 0 aliphatic rings. The Bertz CT molecular complexity index is 392. The highest BCUT2D eigenvalue weighted by Crippen LogP contribution is 2.20. The monoisotopic (exact) mass is 164 g/mol. The number of hydrogen-bond acceptors (Lipinski definition) is 3. The fourth-order valence-electron chi connectivity index (χ4n) is 1.08. The van der Waals surface area contributed by atoms with E-state index in [9.17, 15) is 0 Å². The van der Waals surface area contributed by atoms with Crippen LogP contribution in [0, 0.1) is 13.8 Å². The van der Waals surface area contributed by atoms with Crippen molar-refractivity contribution in [3.63, 3.8) is 0 Å². The number of aromatic nitrogens is 2. The lowest BCUT2D eigenvalue weighted by Gasteiger charge is -1.91. The normalized spacial score (nSPS) is 10.7. The lowest BCUT2D eigenvalue weighted by Crippen LogP contribution is -1.79. The molecule has 3 heteroatoms. The summed E-state index contributed by atoms with van der Waals surface area (Å²) in [6.45, 7) is 4.11. The van der Waals surface area contributed by atoms with Crippen molar-refractivity contribution < 1.29 is 0 Å². The van der Waals surface area contributed by atoms with Gasteiger partial charge in [0.15, 0.2) is 0 Å². The van der Waals surface area contributed by atoms with E-state index in [0.29, 0.717) is 0 Å². The van der Waals surface area contributed by atoms with Crippen molar-refractivity contribution in [2.75, 3.05) is 0 Å². The van der Waals surface area contributed by atoms with Crippen LogP contribution in [0.1, 0.15) is 10.4 Å². The lowest BCUT2D eigenvalue weighted by molar-refractivity contribution is 1.35. The molecule has 2 nitrogen and oxygen atoms in total. The average Bonchev–Trinajstić information content (AvgIpc) is 2.35. The molecule has 2 heterocycles. The minimum absolute atomic E-state index is 1.05. The molecule has 11 heavy (non-hydrogen) atoms. The second kappa shape index (κ2) is 2.27. The van der Waals surface area contributed by atoms with Gasteiger partial charge in [0.05, 0.1) is 0 Å². The summed E-state index contributed by atoms with van der Waals surface area (Å²) in [4.78, 5) is 5.45. The van der Waals surface area contributed by atoms with E-state index in [4.69, 9.17) is 0 Å². The second-order valence-electron chi connectivity index (χ2n) is 2.56. The van der Waals surface area contributed by atoms with E-state index in [1.54, 1.807) is 0 Å². The van der Waals surface area contributed by atoms with E-state index in [1.807, 2.05) is 19.2 Å². The minimum atomic E-state index is 1.05. The Morgan fingerprint density at radius 2 is 2.09 bits per heavy atom. The molecule has 0 unspecified atom stereocenters. The van der Waals surface area contributed by atoms with E-state index >= 15 is 0 Å². The van der Waals surface area contributed by atoms with Crippen molar-refractivity contribution in [1.29, 1.82) is 0 Å². The molecule has 0 amide bonds. The molecular weight excluding hydrogens is 156 g/mol. The second-order valence-corrected chi connectivity index (χ2v) is 3.54. The topological polar surface area (TPSA) is 25.8 Å². The molecular formula is C8H8N2S. The van der Waals surface area contributed by atoms with Crippen molar-refractivity contribution in [1.82, 2.24) is 9.36 Å². The van der Waals surface area contributed by atoms with Gasteiger partial charge in [-0.05, 0) is 37.0 Å². The van der Waals surface area contributed by atoms with Crippen LogP contribution in [0.25, 0.3) is 11.0 Å². The fraction of sp³-hybridized carbons (Fsp3) is 0.250. The molecule has 0 fully saturated rings. The van der Waals surface area contributed by atoms with Gasteiger partial charge in [0.25, 0.3) is 0 Å². The molecule has 0 aliphatic carbocycles. The Kier molecular flexibility index (Phi) is 1.39. The summed E-state index contributed by atoms with van der Waals surface area (Å²) >= 11 is 1.52. The van der Waals surface area contributed by atoms with E-state index in [1.165, 1.54) is 22.0 Å². The van der Waals surface area contributed by atoms with Gasteiger partial charge < -0.3 is 0 Å². The quantitative estimate of drug-likeness (QED) is 0.597. The van der Waals surface area contributed by atoms with Gasteiger partial charge in [0, 0.05) is 11.1 Å². The maximum atomic E-state index is 4.30. The number of aryl methyl sites for hydroxylation is 2. The number of hydrogen-bond donors (Lipinski definition) is 0. The van der Waals surface area contributed by atoms with Crippen LogP contribution in [0.4, 0.5) is 0 Å². The summed E-state index contributed by atoms with van der Waals surface area (Å²) in [5.41, 5.74) is 3.31. The highest BCUT2D eigenvalue weighted by atomic mass is 32.1. The van der Waals surface area contributed by atoms with Crippen molar-refractivity contribution in [2.45, 2.75) is 13.8 Å². The smallest absolute Gasteiger partial charge is 0.106 e. The first-order valence-electron chi connectivity index (χ1n) is 3.46. The Balaban J connectivity index is 2.94. The molecule has 0 N–H and O–H groups in total. The molecule has 56 valence electrons. The van der Waals surface area contributed by atoms with Gasteiger partial charge in [0.1, 0.15) is 11.0 Å². The zero-order valence-corrected chi connectivity index (χ0v) is 7.27. The molecule has 0 atom stereocenters. The third-order valence-electron chi connectivity index (χ3n) is 1.73. The van der Waals surface area contributed by atoms with Gasteiger partial charge in [-0.1, -0.05) is 0 Å². The van der Waals surface area contributed by atoms with Crippen molar-refractivity contribution >= 4 is 22.6 Å². The van der Waals surface area contributed by atoms with Crippen LogP contribution in [0.3, 0.4) is 0 Å². The number of pyridine rings is 1. The largest absolute Gasteiger partial charge is 0.253 e. The summed E-state index contributed by atoms with van der Waals surface area (Å²) in [6.07, 6.45) is 1.83. The standard InChI is InChI=1S/C8H8N2S/c1-5-3-4-9-8-6(2)11-10-7(5)8/h3-4H,1-2H3. The third-order valence-corrected chi connectivity index (χ3v) is 2.47. The lowest BCUT2D eigenvalue weighted by atomic mass is 10.2. The Hall–Kier alpha value is -0.960. The van der Waals surface area contributed by atoms with E-state index in [-0.39, 0.29) is 0 Å². The zero-order chi connectivity index (χ0) is 7.84. The first-order chi connectivity index (χ1) is 5.29. The zero-order valence-electron chi connectivity index (χ0n) is 6.46. The molecule has 0 radical (unpaired) electrons. The molecule has 0 aromatic carbocycles. The molecule has 0 spiro atoms.